The molecule has 0 radical (unpaired) electrons. The summed E-state index contributed by atoms with van der Waals surface area (Å²) in [7, 11) is 0. The van der Waals surface area contributed by atoms with E-state index in [-0.39, 0.29) is 35.8 Å². The minimum absolute atomic E-state index is 0.00614. The van der Waals surface area contributed by atoms with Crippen LogP contribution in [0.1, 0.15) is 45.2 Å². The van der Waals surface area contributed by atoms with Crippen molar-refractivity contribution in [1.29, 1.82) is 0 Å². The van der Waals surface area contributed by atoms with E-state index in [0.717, 1.165) is 29.0 Å². The predicted octanol–water partition coefficient (Wildman–Crippen LogP) is 6.35. The van der Waals surface area contributed by atoms with Crippen LogP contribution in [0, 0.1) is 17.8 Å². The maximum atomic E-state index is 13.7. The quantitative estimate of drug-likeness (QED) is 0.246. The first-order chi connectivity index (χ1) is 17.8. The molecule has 1 fully saturated rings. The number of rotatable bonds is 11. The van der Waals surface area contributed by atoms with Gasteiger partial charge in [0.25, 0.3) is 0 Å². The largest absolute Gasteiger partial charge is 0.491 e. The molecule has 2 N–H and O–H groups in total. The SMILES string of the molecule is C=CC(CC)C(N)CN(C(=O)C1CC1c1cccc(F)n1)c1ccc(-c2ccc(OC(C)C)cc2)cc1. The van der Waals surface area contributed by atoms with Gasteiger partial charge >= 0.3 is 0 Å². The molecule has 6 heteroatoms. The number of hydrogen-bond donors (Lipinski definition) is 1. The highest BCUT2D eigenvalue weighted by atomic mass is 19.1. The zero-order valence-electron chi connectivity index (χ0n) is 21.8. The number of carbonyl (C=O) groups is 1. The summed E-state index contributed by atoms with van der Waals surface area (Å²) in [5, 5.41) is 0. The molecule has 37 heavy (non-hydrogen) atoms. The van der Waals surface area contributed by atoms with E-state index in [9.17, 15) is 9.18 Å². The van der Waals surface area contributed by atoms with Crippen molar-refractivity contribution in [3.8, 4) is 16.9 Å². The number of aromatic nitrogens is 1. The van der Waals surface area contributed by atoms with Gasteiger partial charge in [0.05, 0.1) is 6.10 Å². The Labute approximate surface area is 219 Å². The minimum Gasteiger partial charge on any atom is -0.491 e. The summed E-state index contributed by atoms with van der Waals surface area (Å²) in [5.74, 6) is 0.0910. The minimum atomic E-state index is -0.523. The van der Waals surface area contributed by atoms with E-state index in [0.29, 0.717) is 18.7 Å². The van der Waals surface area contributed by atoms with E-state index in [4.69, 9.17) is 10.5 Å². The van der Waals surface area contributed by atoms with Crippen molar-refractivity contribution < 1.29 is 13.9 Å². The molecule has 0 saturated heterocycles. The first kappa shape index (κ1) is 26.6. The van der Waals surface area contributed by atoms with Gasteiger partial charge in [-0.3, -0.25) is 4.79 Å². The van der Waals surface area contributed by atoms with Crippen molar-refractivity contribution in [1.82, 2.24) is 4.98 Å². The third-order valence-corrected chi connectivity index (χ3v) is 6.95. The molecule has 4 atom stereocenters. The number of halogens is 1. The third-order valence-electron chi connectivity index (χ3n) is 6.95. The van der Waals surface area contributed by atoms with Gasteiger partial charge in [-0.2, -0.15) is 4.39 Å². The van der Waals surface area contributed by atoms with Crippen molar-refractivity contribution in [2.45, 2.75) is 51.7 Å². The number of anilines is 1. The van der Waals surface area contributed by atoms with Gasteiger partial charge < -0.3 is 15.4 Å². The molecule has 1 amide bonds. The number of benzene rings is 2. The lowest BCUT2D eigenvalue weighted by Gasteiger charge is -2.29. The second-order valence-electron chi connectivity index (χ2n) is 9.99. The fourth-order valence-electron chi connectivity index (χ4n) is 4.77. The van der Waals surface area contributed by atoms with Crippen LogP contribution in [0.5, 0.6) is 5.75 Å². The topological polar surface area (TPSA) is 68.5 Å². The van der Waals surface area contributed by atoms with Crippen molar-refractivity contribution in [3.05, 3.63) is 91.0 Å². The number of hydrogen-bond acceptors (Lipinski definition) is 4. The van der Waals surface area contributed by atoms with Gasteiger partial charge in [-0.15, -0.1) is 6.58 Å². The number of nitrogens with two attached hydrogens (primary N) is 1. The highest BCUT2D eigenvalue weighted by Crippen LogP contribution is 2.48. The smallest absolute Gasteiger partial charge is 0.230 e. The maximum Gasteiger partial charge on any atom is 0.230 e. The third kappa shape index (κ3) is 6.44. The van der Waals surface area contributed by atoms with E-state index < -0.39 is 5.95 Å². The average Bonchev–Trinajstić information content (AvgIpc) is 3.69. The fourth-order valence-corrected chi connectivity index (χ4v) is 4.77. The monoisotopic (exact) mass is 501 g/mol. The maximum absolute atomic E-state index is 13.7. The summed E-state index contributed by atoms with van der Waals surface area (Å²) in [6.45, 7) is 10.4. The average molecular weight is 502 g/mol. The van der Waals surface area contributed by atoms with Gasteiger partial charge in [-0.25, -0.2) is 4.98 Å². The van der Waals surface area contributed by atoms with Gasteiger partial charge in [-0.05, 0) is 80.1 Å². The Kier molecular flexibility index (Phi) is 8.39. The summed E-state index contributed by atoms with van der Waals surface area (Å²) in [6, 6.07) is 20.4. The molecule has 4 unspecified atom stereocenters. The van der Waals surface area contributed by atoms with Crippen molar-refractivity contribution >= 4 is 11.6 Å². The van der Waals surface area contributed by atoms with Crippen molar-refractivity contribution in [2.75, 3.05) is 11.4 Å². The summed E-state index contributed by atoms with van der Waals surface area (Å²) in [5.41, 5.74) is 10.1. The molecule has 194 valence electrons. The Hall–Kier alpha value is -3.51. The van der Waals surface area contributed by atoms with Gasteiger partial charge in [0.15, 0.2) is 0 Å². The molecule has 0 bridgehead atoms. The lowest BCUT2D eigenvalue weighted by molar-refractivity contribution is -0.120. The molecule has 0 aliphatic heterocycles. The van der Waals surface area contributed by atoms with Gasteiger partial charge in [0.1, 0.15) is 5.75 Å². The van der Waals surface area contributed by atoms with E-state index >= 15 is 0 Å². The molecule has 5 nitrogen and oxygen atoms in total. The Balaban J connectivity index is 1.55. The number of nitrogens with zero attached hydrogens (tertiary/aromatic N) is 2. The number of carbonyl (C=O) groups excluding carboxylic acids is 1. The Morgan fingerprint density at radius 1 is 1.14 bits per heavy atom. The van der Waals surface area contributed by atoms with Crippen LogP contribution < -0.4 is 15.4 Å². The number of ether oxygens (including phenoxy) is 1. The van der Waals surface area contributed by atoms with Crippen LogP contribution in [0.15, 0.2) is 79.4 Å². The molecule has 2 aromatic carbocycles. The van der Waals surface area contributed by atoms with Gasteiger partial charge in [0, 0.05) is 35.8 Å². The second kappa shape index (κ2) is 11.7. The Morgan fingerprint density at radius 2 is 1.78 bits per heavy atom. The second-order valence-corrected chi connectivity index (χ2v) is 9.99. The van der Waals surface area contributed by atoms with Crippen LogP contribution in [0.2, 0.25) is 0 Å². The molecule has 1 aliphatic rings. The normalized spacial score (nSPS) is 18.2. The van der Waals surface area contributed by atoms with Crippen LogP contribution in [0.25, 0.3) is 11.1 Å². The van der Waals surface area contributed by atoms with Crippen LogP contribution in [-0.2, 0) is 4.79 Å². The molecule has 1 aliphatic carbocycles. The molecular formula is C31H36FN3O2. The standard InChI is InChI=1S/C31H36FN3O2/c1-5-21(6-2)28(33)19-35(31(36)27-18-26(27)29-8-7-9-30(32)34-29)24-14-10-22(11-15-24)23-12-16-25(17-13-23)37-20(3)4/h5,7-17,20-21,26-28H,1,6,18-19,33H2,2-4H3. The first-order valence-corrected chi connectivity index (χ1v) is 13.0. The lowest BCUT2D eigenvalue weighted by Crippen LogP contribution is -2.45. The summed E-state index contributed by atoms with van der Waals surface area (Å²) < 4.78 is 19.4. The summed E-state index contributed by atoms with van der Waals surface area (Å²) in [4.78, 5) is 19.5. The molecule has 1 aromatic heterocycles. The van der Waals surface area contributed by atoms with Crippen LogP contribution >= 0.6 is 0 Å². The van der Waals surface area contributed by atoms with E-state index in [1.807, 2.05) is 68.5 Å². The van der Waals surface area contributed by atoms with Crippen LogP contribution in [0.4, 0.5) is 10.1 Å². The highest BCUT2D eigenvalue weighted by molar-refractivity contribution is 5.97. The Morgan fingerprint density at radius 3 is 2.35 bits per heavy atom. The van der Waals surface area contributed by atoms with E-state index in [1.165, 1.54) is 6.07 Å². The van der Waals surface area contributed by atoms with Gasteiger partial charge in [0.2, 0.25) is 11.9 Å². The molecule has 0 spiro atoms. The van der Waals surface area contributed by atoms with Crippen LogP contribution in [-0.4, -0.2) is 29.6 Å². The molecule has 1 heterocycles. The molecule has 3 aromatic rings. The van der Waals surface area contributed by atoms with E-state index in [2.05, 4.69) is 18.5 Å². The van der Waals surface area contributed by atoms with Gasteiger partial charge in [-0.1, -0.05) is 43.3 Å². The molecule has 4 rings (SSSR count). The molecule has 1 saturated carbocycles. The summed E-state index contributed by atoms with van der Waals surface area (Å²) in [6.07, 6.45) is 3.49. The lowest BCUT2D eigenvalue weighted by atomic mass is 9.96. The number of amides is 1. The van der Waals surface area contributed by atoms with Crippen LogP contribution in [0.3, 0.4) is 0 Å². The van der Waals surface area contributed by atoms with Crippen molar-refractivity contribution in [3.63, 3.8) is 0 Å². The zero-order valence-corrected chi connectivity index (χ0v) is 21.8. The summed E-state index contributed by atoms with van der Waals surface area (Å²) >= 11 is 0. The fraction of sp³-hybridized carbons (Fsp3) is 0.355. The number of pyridine rings is 1. The first-order valence-electron chi connectivity index (χ1n) is 13.0. The predicted molar refractivity (Wildman–Crippen MR) is 147 cm³/mol. The van der Waals surface area contributed by atoms with E-state index in [1.54, 1.807) is 17.0 Å². The highest BCUT2D eigenvalue weighted by Gasteiger charge is 2.47. The Bertz CT molecular complexity index is 1210. The molecular weight excluding hydrogens is 465 g/mol. The van der Waals surface area contributed by atoms with Crippen molar-refractivity contribution in [2.24, 2.45) is 17.6 Å². The zero-order chi connectivity index (χ0) is 26.5.